The predicted molar refractivity (Wildman–Crippen MR) is 52.1 cm³/mol. The first kappa shape index (κ1) is 9.39. The Morgan fingerprint density at radius 1 is 1.47 bits per heavy atom. The largest absolute Gasteiger partial charge is 0.365 e. The first-order valence-electron chi connectivity index (χ1n) is 4.39. The van der Waals surface area contributed by atoms with Crippen LogP contribution >= 0.6 is 0 Å². The third kappa shape index (κ3) is 2.01. The summed E-state index contributed by atoms with van der Waals surface area (Å²) in [5.74, 6) is -0.446. The van der Waals surface area contributed by atoms with E-state index in [-0.39, 0.29) is 0 Å². The number of carbonyl (C=O) groups excluding carboxylic acids is 1. The van der Waals surface area contributed by atoms with E-state index in [2.05, 4.69) is 9.97 Å². The maximum Gasteiger partial charge on any atom is 0.365 e. The summed E-state index contributed by atoms with van der Waals surface area (Å²) >= 11 is 0. The molecule has 15 heavy (non-hydrogen) atoms. The van der Waals surface area contributed by atoms with Crippen molar-refractivity contribution in [2.45, 2.75) is 6.92 Å². The van der Waals surface area contributed by atoms with Crippen LogP contribution in [0.15, 0.2) is 37.1 Å². The molecule has 2 rings (SSSR count). The monoisotopic (exact) mass is 203 g/mol. The highest BCUT2D eigenvalue weighted by Gasteiger charge is 2.11. The third-order valence-electron chi connectivity index (χ3n) is 1.90. The number of rotatable bonds is 2. The molecule has 0 aliphatic carbocycles. The fourth-order valence-electron chi connectivity index (χ4n) is 1.15. The fraction of sp³-hybridized carbons (Fsp3) is 0.100. The van der Waals surface area contributed by atoms with E-state index in [9.17, 15) is 4.79 Å². The standard InChI is InChI=1S/C10H9N3O2/c1-8-9(3-2-4-12-8)10(14)15-13-6-5-11-7-13/h2-7H,1H3. The van der Waals surface area contributed by atoms with Gasteiger partial charge in [0, 0.05) is 12.4 Å². The van der Waals surface area contributed by atoms with E-state index in [0.29, 0.717) is 11.3 Å². The number of nitrogens with zero attached hydrogens (tertiary/aromatic N) is 3. The van der Waals surface area contributed by atoms with Gasteiger partial charge < -0.3 is 4.84 Å². The summed E-state index contributed by atoms with van der Waals surface area (Å²) in [6.45, 7) is 1.75. The molecule has 0 aliphatic heterocycles. The molecule has 0 radical (unpaired) electrons. The molecule has 0 aliphatic rings. The van der Waals surface area contributed by atoms with Crippen molar-refractivity contribution >= 4 is 5.97 Å². The van der Waals surface area contributed by atoms with Crippen molar-refractivity contribution in [2.75, 3.05) is 0 Å². The molecule has 0 bridgehead atoms. The van der Waals surface area contributed by atoms with E-state index in [0.717, 1.165) is 0 Å². The van der Waals surface area contributed by atoms with Gasteiger partial charge in [0.2, 0.25) is 0 Å². The summed E-state index contributed by atoms with van der Waals surface area (Å²) in [6.07, 6.45) is 6.11. The highest BCUT2D eigenvalue weighted by Crippen LogP contribution is 2.03. The molecule has 76 valence electrons. The smallest absolute Gasteiger partial charge is 0.330 e. The Kier molecular flexibility index (Phi) is 2.45. The van der Waals surface area contributed by atoms with E-state index >= 15 is 0 Å². The van der Waals surface area contributed by atoms with E-state index in [1.54, 1.807) is 31.5 Å². The summed E-state index contributed by atoms with van der Waals surface area (Å²) in [4.78, 5) is 24.4. The fourth-order valence-corrected chi connectivity index (χ4v) is 1.15. The van der Waals surface area contributed by atoms with Gasteiger partial charge in [0.25, 0.3) is 0 Å². The Bertz CT molecular complexity index is 465. The van der Waals surface area contributed by atoms with Crippen molar-refractivity contribution in [3.05, 3.63) is 48.3 Å². The van der Waals surface area contributed by atoms with Gasteiger partial charge in [-0.05, 0) is 19.1 Å². The third-order valence-corrected chi connectivity index (χ3v) is 1.90. The zero-order chi connectivity index (χ0) is 10.7. The van der Waals surface area contributed by atoms with Crippen LogP contribution in [0.25, 0.3) is 0 Å². The van der Waals surface area contributed by atoms with Gasteiger partial charge in [-0.3, -0.25) is 4.98 Å². The predicted octanol–water partition coefficient (Wildman–Crippen LogP) is 0.856. The summed E-state index contributed by atoms with van der Waals surface area (Å²) < 4.78 is 1.24. The molecule has 0 N–H and O–H groups in total. The Balaban J connectivity index is 2.19. The van der Waals surface area contributed by atoms with Gasteiger partial charge in [0.05, 0.1) is 17.5 Å². The van der Waals surface area contributed by atoms with Crippen LogP contribution in [0.5, 0.6) is 0 Å². The van der Waals surface area contributed by atoms with Gasteiger partial charge in [-0.1, -0.05) is 0 Å². The van der Waals surface area contributed by atoms with Crippen LogP contribution in [0.4, 0.5) is 0 Å². The first-order chi connectivity index (χ1) is 7.27. The van der Waals surface area contributed by atoms with Gasteiger partial charge >= 0.3 is 5.97 Å². The molecular weight excluding hydrogens is 194 g/mol. The van der Waals surface area contributed by atoms with Gasteiger partial charge in [0.1, 0.15) is 6.33 Å². The number of carbonyl (C=O) groups is 1. The molecule has 0 aromatic carbocycles. The number of imidazole rings is 1. The van der Waals surface area contributed by atoms with Gasteiger partial charge in [-0.25, -0.2) is 9.78 Å². The summed E-state index contributed by atoms with van der Waals surface area (Å²) in [5, 5.41) is 0. The highest BCUT2D eigenvalue weighted by atomic mass is 16.7. The molecule has 0 amide bonds. The van der Waals surface area contributed by atoms with Crippen molar-refractivity contribution in [1.29, 1.82) is 0 Å². The molecule has 5 heteroatoms. The van der Waals surface area contributed by atoms with Crippen molar-refractivity contribution in [3.63, 3.8) is 0 Å². The number of hydrogen-bond acceptors (Lipinski definition) is 4. The minimum Gasteiger partial charge on any atom is -0.330 e. The Morgan fingerprint density at radius 3 is 3.00 bits per heavy atom. The molecule has 5 nitrogen and oxygen atoms in total. The van der Waals surface area contributed by atoms with Crippen molar-refractivity contribution in [2.24, 2.45) is 0 Å². The minimum atomic E-state index is -0.446. The molecule has 0 fully saturated rings. The van der Waals surface area contributed by atoms with Crippen LogP contribution in [0.3, 0.4) is 0 Å². The topological polar surface area (TPSA) is 57.0 Å². The molecule has 2 aromatic rings. The maximum absolute atomic E-state index is 11.6. The lowest BCUT2D eigenvalue weighted by Crippen LogP contribution is -2.19. The summed E-state index contributed by atoms with van der Waals surface area (Å²) in [6, 6.07) is 3.36. The Hall–Kier alpha value is -2.17. The second-order valence-electron chi connectivity index (χ2n) is 2.94. The molecule has 2 heterocycles. The second kappa shape index (κ2) is 3.91. The minimum absolute atomic E-state index is 0.446. The van der Waals surface area contributed by atoms with Gasteiger partial charge in [-0.15, -0.1) is 0 Å². The molecule has 0 saturated carbocycles. The van der Waals surface area contributed by atoms with E-state index < -0.39 is 5.97 Å². The number of aromatic nitrogens is 3. The SMILES string of the molecule is Cc1ncccc1C(=O)On1ccnc1. The summed E-state index contributed by atoms with van der Waals surface area (Å²) in [7, 11) is 0. The van der Waals surface area contributed by atoms with Crippen LogP contribution < -0.4 is 4.84 Å². The second-order valence-corrected chi connectivity index (χ2v) is 2.94. The molecule has 0 saturated heterocycles. The van der Waals surface area contributed by atoms with E-state index in [1.807, 2.05) is 0 Å². The molecule has 0 atom stereocenters. The maximum atomic E-state index is 11.6. The molecule has 0 unspecified atom stereocenters. The average molecular weight is 203 g/mol. The number of pyridine rings is 1. The Morgan fingerprint density at radius 2 is 2.33 bits per heavy atom. The van der Waals surface area contributed by atoms with E-state index in [4.69, 9.17) is 4.84 Å². The zero-order valence-corrected chi connectivity index (χ0v) is 8.12. The number of aryl methyl sites for hydroxylation is 1. The lowest BCUT2D eigenvalue weighted by molar-refractivity contribution is 0.0459. The lowest BCUT2D eigenvalue weighted by atomic mass is 10.2. The van der Waals surface area contributed by atoms with Gasteiger partial charge in [0.15, 0.2) is 0 Å². The lowest BCUT2D eigenvalue weighted by Gasteiger charge is -2.04. The first-order valence-corrected chi connectivity index (χ1v) is 4.39. The van der Waals surface area contributed by atoms with Crippen molar-refractivity contribution in [1.82, 2.24) is 14.7 Å². The Labute approximate surface area is 86.3 Å². The summed E-state index contributed by atoms with van der Waals surface area (Å²) in [5.41, 5.74) is 1.09. The van der Waals surface area contributed by atoms with Gasteiger partial charge in [-0.2, -0.15) is 4.73 Å². The van der Waals surface area contributed by atoms with Crippen molar-refractivity contribution < 1.29 is 9.63 Å². The quantitative estimate of drug-likeness (QED) is 0.726. The molecule has 0 spiro atoms. The highest BCUT2D eigenvalue weighted by molar-refractivity contribution is 5.90. The molecular formula is C10H9N3O2. The van der Waals surface area contributed by atoms with Crippen LogP contribution in [0.1, 0.15) is 16.1 Å². The van der Waals surface area contributed by atoms with Crippen molar-refractivity contribution in [3.8, 4) is 0 Å². The zero-order valence-electron chi connectivity index (χ0n) is 8.12. The average Bonchev–Trinajstić information content (AvgIpc) is 2.71. The van der Waals surface area contributed by atoms with Crippen LogP contribution in [-0.4, -0.2) is 20.7 Å². The normalized spacial score (nSPS) is 9.93. The van der Waals surface area contributed by atoms with Crippen LogP contribution in [0, 0.1) is 6.92 Å². The van der Waals surface area contributed by atoms with Crippen LogP contribution in [-0.2, 0) is 0 Å². The van der Waals surface area contributed by atoms with E-state index in [1.165, 1.54) is 17.3 Å². The number of hydrogen-bond donors (Lipinski definition) is 0. The van der Waals surface area contributed by atoms with Crippen LogP contribution in [0.2, 0.25) is 0 Å². The molecule has 2 aromatic heterocycles.